The monoisotopic (exact) mass is 262 g/mol. The van der Waals surface area contributed by atoms with Crippen LogP contribution in [-0.2, 0) is 9.59 Å². The summed E-state index contributed by atoms with van der Waals surface area (Å²) < 4.78 is 0. The Labute approximate surface area is 91.9 Å². The highest BCUT2D eigenvalue weighted by Crippen LogP contribution is 2.07. The number of hydrogen-bond donors (Lipinski definition) is 2. The van der Waals surface area contributed by atoms with Gasteiger partial charge in [0, 0.05) is 6.54 Å². The van der Waals surface area contributed by atoms with Crippen molar-refractivity contribution in [2.45, 2.75) is 37.1 Å². The van der Waals surface area contributed by atoms with Crippen LogP contribution in [0.5, 0.6) is 0 Å². The van der Waals surface area contributed by atoms with Crippen LogP contribution in [0.3, 0.4) is 0 Å². The molecule has 0 aromatic carbocycles. The standard InChI is InChI=1S/C9H15BrN2O2/c1-2-6(10)8(13)12-7-4-3-5-11-9(7)14/h6-7H,2-5H2,1H3,(H,11,14)(H,12,13). The Kier molecular flexibility index (Phi) is 4.38. The fraction of sp³-hybridized carbons (Fsp3) is 0.778. The number of halogens is 1. The molecule has 5 heteroatoms. The molecule has 1 fully saturated rings. The van der Waals surface area contributed by atoms with E-state index in [0.29, 0.717) is 0 Å². The molecule has 1 heterocycles. The van der Waals surface area contributed by atoms with Gasteiger partial charge >= 0.3 is 0 Å². The molecule has 2 atom stereocenters. The highest BCUT2D eigenvalue weighted by atomic mass is 79.9. The summed E-state index contributed by atoms with van der Waals surface area (Å²) in [6.45, 7) is 2.64. The lowest BCUT2D eigenvalue weighted by molar-refractivity contribution is -0.129. The molecule has 1 aliphatic rings. The van der Waals surface area contributed by atoms with Crippen LogP contribution >= 0.6 is 15.9 Å². The predicted molar refractivity (Wildman–Crippen MR) is 57.2 cm³/mol. The molecule has 0 aromatic rings. The fourth-order valence-electron chi connectivity index (χ4n) is 1.36. The fourth-order valence-corrected chi connectivity index (χ4v) is 1.49. The van der Waals surface area contributed by atoms with Gasteiger partial charge in [0.2, 0.25) is 11.8 Å². The van der Waals surface area contributed by atoms with Crippen LogP contribution in [0.1, 0.15) is 26.2 Å². The minimum atomic E-state index is -0.345. The average Bonchev–Trinajstić information content (AvgIpc) is 2.20. The third kappa shape index (κ3) is 2.97. The second-order valence-corrected chi connectivity index (χ2v) is 4.48. The van der Waals surface area contributed by atoms with E-state index < -0.39 is 0 Å². The van der Waals surface area contributed by atoms with Crippen molar-refractivity contribution in [1.29, 1.82) is 0 Å². The van der Waals surface area contributed by atoms with E-state index in [-0.39, 0.29) is 22.7 Å². The first kappa shape index (κ1) is 11.5. The topological polar surface area (TPSA) is 58.2 Å². The lowest BCUT2D eigenvalue weighted by Gasteiger charge is -2.23. The van der Waals surface area contributed by atoms with Gasteiger partial charge < -0.3 is 10.6 Å². The number of rotatable bonds is 3. The quantitative estimate of drug-likeness (QED) is 0.731. The number of alkyl halides is 1. The highest BCUT2D eigenvalue weighted by Gasteiger charge is 2.25. The zero-order valence-corrected chi connectivity index (χ0v) is 9.76. The largest absolute Gasteiger partial charge is 0.354 e. The number of nitrogens with one attached hydrogen (secondary N) is 2. The molecule has 1 saturated heterocycles. The van der Waals surface area contributed by atoms with Crippen LogP contribution in [0.4, 0.5) is 0 Å². The first-order valence-electron chi connectivity index (χ1n) is 4.87. The minimum Gasteiger partial charge on any atom is -0.354 e. The Morgan fingerprint density at radius 1 is 1.79 bits per heavy atom. The predicted octanol–water partition coefficient (Wildman–Crippen LogP) is 0.555. The summed E-state index contributed by atoms with van der Waals surface area (Å²) in [5.74, 6) is -0.171. The van der Waals surface area contributed by atoms with Crippen molar-refractivity contribution in [2.24, 2.45) is 0 Å². The van der Waals surface area contributed by atoms with Crippen LogP contribution in [-0.4, -0.2) is 29.2 Å². The Bertz CT molecular complexity index is 233. The van der Waals surface area contributed by atoms with E-state index in [2.05, 4.69) is 26.6 Å². The normalized spacial score (nSPS) is 23.9. The van der Waals surface area contributed by atoms with Crippen LogP contribution in [0.25, 0.3) is 0 Å². The molecule has 0 spiro atoms. The minimum absolute atomic E-state index is 0.0691. The van der Waals surface area contributed by atoms with Gasteiger partial charge in [-0.25, -0.2) is 0 Å². The number of hydrogen-bond acceptors (Lipinski definition) is 2. The maximum absolute atomic E-state index is 11.4. The van der Waals surface area contributed by atoms with Crippen molar-refractivity contribution < 1.29 is 9.59 Å². The third-order valence-electron chi connectivity index (χ3n) is 2.24. The number of carbonyl (C=O) groups excluding carboxylic acids is 2. The van der Waals surface area contributed by atoms with Gasteiger partial charge in [0.15, 0.2) is 0 Å². The van der Waals surface area contributed by atoms with Gasteiger partial charge in [-0.3, -0.25) is 9.59 Å². The van der Waals surface area contributed by atoms with Gasteiger partial charge in [-0.15, -0.1) is 0 Å². The van der Waals surface area contributed by atoms with Gasteiger partial charge in [-0.1, -0.05) is 22.9 Å². The second kappa shape index (κ2) is 5.34. The van der Waals surface area contributed by atoms with Gasteiger partial charge in [-0.2, -0.15) is 0 Å². The summed E-state index contributed by atoms with van der Waals surface area (Å²) in [4.78, 5) is 22.6. The second-order valence-electron chi connectivity index (χ2n) is 3.37. The first-order valence-corrected chi connectivity index (χ1v) is 5.79. The van der Waals surface area contributed by atoms with E-state index in [1.165, 1.54) is 0 Å². The molecular weight excluding hydrogens is 248 g/mol. The first-order chi connectivity index (χ1) is 6.65. The lowest BCUT2D eigenvalue weighted by atomic mass is 10.1. The molecular formula is C9H15BrN2O2. The van der Waals surface area contributed by atoms with Crippen molar-refractivity contribution in [3.8, 4) is 0 Å². The van der Waals surface area contributed by atoms with E-state index >= 15 is 0 Å². The zero-order valence-electron chi connectivity index (χ0n) is 8.18. The molecule has 0 aliphatic carbocycles. The Morgan fingerprint density at radius 3 is 3.07 bits per heavy atom. The molecule has 4 nitrogen and oxygen atoms in total. The van der Waals surface area contributed by atoms with Crippen LogP contribution in [0.15, 0.2) is 0 Å². The summed E-state index contributed by atoms with van der Waals surface area (Å²) in [6, 6.07) is -0.345. The third-order valence-corrected chi connectivity index (χ3v) is 3.31. The van der Waals surface area contributed by atoms with Crippen LogP contribution in [0, 0.1) is 0 Å². The van der Waals surface area contributed by atoms with Crippen LogP contribution in [0.2, 0.25) is 0 Å². The van der Waals surface area contributed by atoms with Gasteiger partial charge in [0.05, 0.1) is 4.83 Å². The SMILES string of the molecule is CCC(Br)C(=O)NC1CCCNC1=O. The Hall–Kier alpha value is -0.580. The van der Waals surface area contributed by atoms with E-state index in [4.69, 9.17) is 0 Å². The molecule has 0 aromatic heterocycles. The van der Waals surface area contributed by atoms with Gasteiger partial charge in [0.25, 0.3) is 0 Å². The van der Waals surface area contributed by atoms with E-state index in [1.54, 1.807) is 0 Å². The maximum atomic E-state index is 11.4. The molecule has 80 valence electrons. The molecule has 14 heavy (non-hydrogen) atoms. The molecule has 1 rings (SSSR count). The molecule has 2 amide bonds. The van der Waals surface area contributed by atoms with Crippen molar-refractivity contribution in [1.82, 2.24) is 10.6 Å². The smallest absolute Gasteiger partial charge is 0.242 e. The summed E-state index contributed by atoms with van der Waals surface area (Å²) >= 11 is 3.25. The molecule has 0 radical (unpaired) electrons. The molecule has 2 unspecified atom stereocenters. The van der Waals surface area contributed by atoms with E-state index in [0.717, 1.165) is 25.8 Å². The number of piperidine rings is 1. The maximum Gasteiger partial charge on any atom is 0.242 e. The van der Waals surface area contributed by atoms with Crippen molar-refractivity contribution in [3.05, 3.63) is 0 Å². The zero-order chi connectivity index (χ0) is 10.6. The van der Waals surface area contributed by atoms with Crippen molar-refractivity contribution in [3.63, 3.8) is 0 Å². The lowest BCUT2D eigenvalue weighted by Crippen LogP contribution is -2.51. The highest BCUT2D eigenvalue weighted by molar-refractivity contribution is 9.10. The van der Waals surface area contributed by atoms with E-state index in [1.807, 2.05) is 6.92 Å². The molecule has 1 aliphatic heterocycles. The summed E-state index contributed by atoms with van der Waals surface area (Å²) in [7, 11) is 0. The summed E-state index contributed by atoms with van der Waals surface area (Å²) in [6.07, 6.45) is 2.39. The van der Waals surface area contributed by atoms with Gasteiger partial charge in [0.1, 0.15) is 6.04 Å². The van der Waals surface area contributed by atoms with Crippen molar-refractivity contribution in [2.75, 3.05) is 6.54 Å². The molecule has 0 saturated carbocycles. The Balaban J connectivity index is 2.42. The summed E-state index contributed by atoms with van der Waals surface area (Å²) in [5, 5.41) is 5.45. The number of amides is 2. The van der Waals surface area contributed by atoms with Gasteiger partial charge in [-0.05, 0) is 19.3 Å². The summed E-state index contributed by atoms with van der Waals surface area (Å²) in [5.41, 5.74) is 0. The molecule has 0 bridgehead atoms. The number of carbonyl (C=O) groups is 2. The van der Waals surface area contributed by atoms with Crippen LogP contribution < -0.4 is 10.6 Å². The van der Waals surface area contributed by atoms with Crippen molar-refractivity contribution >= 4 is 27.7 Å². The van der Waals surface area contributed by atoms with E-state index in [9.17, 15) is 9.59 Å². The average molecular weight is 263 g/mol. The molecule has 2 N–H and O–H groups in total. The Morgan fingerprint density at radius 2 is 2.50 bits per heavy atom.